The summed E-state index contributed by atoms with van der Waals surface area (Å²) in [6.07, 6.45) is 3.54. The maximum absolute atomic E-state index is 11.8. The van der Waals surface area contributed by atoms with Crippen molar-refractivity contribution in [1.82, 2.24) is 25.5 Å². The van der Waals surface area contributed by atoms with Gasteiger partial charge in [0.2, 0.25) is 5.95 Å². The first-order valence-electron chi connectivity index (χ1n) is 9.57. The molecule has 1 aromatic carbocycles. The lowest BCUT2D eigenvalue weighted by Gasteiger charge is -2.36. The summed E-state index contributed by atoms with van der Waals surface area (Å²) in [7, 11) is 1.64. The van der Waals surface area contributed by atoms with Gasteiger partial charge in [-0.15, -0.1) is 0 Å². The van der Waals surface area contributed by atoms with Crippen LogP contribution in [0.1, 0.15) is 22.8 Å². The molecule has 2 N–H and O–H groups in total. The summed E-state index contributed by atoms with van der Waals surface area (Å²) in [5.41, 5.74) is 1.66. The number of guanidine groups is 1. The van der Waals surface area contributed by atoms with Gasteiger partial charge in [-0.25, -0.2) is 15.0 Å². The van der Waals surface area contributed by atoms with Crippen LogP contribution in [0.4, 0.5) is 5.95 Å². The minimum atomic E-state index is -0.0861. The molecular weight excluding hydrogens is 354 g/mol. The molecule has 1 aromatic heterocycles. The lowest BCUT2D eigenvalue weighted by Crippen LogP contribution is -2.52. The number of aliphatic imine (C=N–C) groups is 1. The topological polar surface area (TPSA) is 85.8 Å². The number of amides is 1. The van der Waals surface area contributed by atoms with E-state index in [0.29, 0.717) is 12.1 Å². The minimum absolute atomic E-state index is 0.0861. The van der Waals surface area contributed by atoms with Crippen LogP contribution in [-0.2, 0) is 6.54 Å². The van der Waals surface area contributed by atoms with E-state index in [1.54, 1.807) is 19.4 Å². The van der Waals surface area contributed by atoms with Crippen molar-refractivity contribution in [3.8, 4) is 0 Å². The lowest BCUT2D eigenvalue weighted by atomic mass is 10.1. The molecule has 0 radical (unpaired) electrons. The summed E-state index contributed by atoms with van der Waals surface area (Å²) in [5, 5.41) is 6.03. The van der Waals surface area contributed by atoms with Gasteiger partial charge in [-0.3, -0.25) is 4.79 Å². The van der Waals surface area contributed by atoms with Crippen LogP contribution < -0.4 is 15.5 Å². The number of hydrogen-bond acceptors (Lipinski definition) is 5. The zero-order valence-corrected chi connectivity index (χ0v) is 16.4. The van der Waals surface area contributed by atoms with E-state index >= 15 is 0 Å². The number of carbonyl (C=O) groups excluding carboxylic acids is 1. The zero-order chi connectivity index (χ0) is 19.8. The molecule has 2 aromatic rings. The van der Waals surface area contributed by atoms with Gasteiger partial charge in [-0.05, 0) is 30.7 Å². The Morgan fingerprint density at radius 1 is 1.14 bits per heavy atom. The van der Waals surface area contributed by atoms with E-state index in [-0.39, 0.29) is 5.91 Å². The third-order valence-corrected chi connectivity index (χ3v) is 4.58. The third-order valence-electron chi connectivity index (χ3n) is 4.58. The van der Waals surface area contributed by atoms with Crippen LogP contribution in [0.3, 0.4) is 0 Å². The van der Waals surface area contributed by atoms with E-state index in [4.69, 9.17) is 4.99 Å². The van der Waals surface area contributed by atoms with Crippen LogP contribution >= 0.6 is 0 Å². The molecule has 1 aliphatic rings. The molecule has 28 heavy (non-hydrogen) atoms. The highest BCUT2D eigenvalue weighted by molar-refractivity contribution is 5.94. The monoisotopic (exact) mass is 381 g/mol. The Bertz CT molecular complexity index is 801. The number of nitrogens with zero attached hydrogens (tertiary/aromatic N) is 5. The van der Waals surface area contributed by atoms with Crippen LogP contribution in [0.25, 0.3) is 0 Å². The van der Waals surface area contributed by atoms with Crippen LogP contribution in [0.5, 0.6) is 0 Å². The average molecular weight is 381 g/mol. The molecule has 0 aliphatic carbocycles. The Balaban J connectivity index is 1.64. The normalized spacial score (nSPS) is 14.7. The summed E-state index contributed by atoms with van der Waals surface area (Å²) >= 11 is 0. The second kappa shape index (κ2) is 9.68. The third kappa shape index (κ3) is 4.97. The number of aromatic nitrogens is 2. The molecule has 2 heterocycles. The molecule has 1 fully saturated rings. The second-order valence-electron chi connectivity index (χ2n) is 6.47. The van der Waals surface area contributed by atoms with Crippen molar-refractivity contribution in [3.63, 3.8) is 0 Å². The maximum Gasteiger partial charge on any atom is 0.251 e. The SMILES string of the molecule is CCNC(=NCc1cccc(C(=O)NC)c1)N1CCN(c2ncccn2)CC1. The molecule has 0 unspecified atom stereocenters. The van der Waals surface area contributed by atoms with Gasteiger partial charge in [0.25, 0.3) is 5.91 Å². The van der Waals surface area contributed by atoms with E-state index in [0.717, 1.165) is 50.2 Å². The maximum atomic E-state index is 11.8. The van der Waals surface area contributed by atoms with E-state index in [1.807, 2.05) is 30.3 Å². The largest absolute Gasteiger partial charge is 0.357 e. The van der Waals surface area contributed by atoms with Crippen molar-refractivity contribution < 1.29 is 4.79 Å². The summed E-state index contributed by atoms with van der Waals surface area (Å²) in [6.45, 7) is 6.79. The Morgan fingerprint density at radius 2 is 1.89 bits per heavy atom. The van der Waals surface area contributed by atoms with Crippen molar-refractivity contribution >= 4 is 17.8 Å². The van der Waals surface area contributed by atoms with Gasteiger partial charge in [-0.2, -0.15) is 0 Å². The van der Waals surface area contributed by atoms with Crippen LogP contribution in [0.15, 0.2) is 47.7 Å². The van der Waals surface area contributed by atoms with E-state index in [1.165, 1.54) is 0 Å². The van der Waals surface area contributed by atoms with Crippen molar-refractivity contribution in [2.75, 3.05) is 44.7 Å². The fraction of sp³-hybridized carbons (Fsp3) is 0.400. The molecule has 0 saturated carbocycles. The highest BCUT2D eigenvalue weighted by Crippen LogP contribution is 2.11. The molecule has 148 valence electrons. The molecule has 0 spiro atoms. The first kappa shape index (κ1) is 19.6. The smallest absolute Gasteiger partial charge is 0.251 e. The predicted molar refractivity (Wildman–Crippen MR) is 110 cm³/mol. The van der Waals surface area contributed by atoms with Gasteiger partial charge in [0.15, 0.2) is 5.96 Å². The number of carbonyl (C=O) groups is 1. The molecule has 0 atom stereocenters. The molecule has 3 rings (SSSR count). The first-order chi connectivity index (χ1) is 13.7. The minimum Gasteiger partial charge on any atom is -0.357 e. The molecule has 1 aliphatic heterocycles. The van der Waals surface area contributed by atoms with Crippen LogP contribution in [-0.4, -0.2) is 66.5 Å². The first-order valence-corrected chi connectivity index (χ1v) is 9.57. The summed E-state index contributed by atoms with van der Waals surface area (Å²) in [4.78, 5) is 29.7. The summed E-state index contributed by atoms with van der Waals surface area (Å²) < 4.78 is 0. The van der Waals surface area contributed by atoms with Crippen molar-refractivity contribution in [2.45, 2.75) is 13.5 Å². The highest BCUT2D eigenvalue weighted by atomic mass is 16.1. The number of nitrogens with one attached hydrogen (secondary N) is 2. The van der Waals surface area contributed by atoms with Gasteiger partial charge in [0.1, 0.15) is 0 Å². The molecule has 0 bridgehead atoms. The Morgan fingerprint density at radius 3 is 2.57 bits per heavy atom. The number of hydrogen-bond donors (Lipinski definition) is 2. The van der Waals surface area contributed by atoms with E-state index in [2.05, 4.69) is 37.3 Å². The Hall–Kier alpha value is -3.16. The van der Waals surface area contributed by atoms with Gasteiger partial charge < -0.3 is 20.4 Å². The molecule has 8 heteroatoms. The lowest BCUT2D eigenvalue weighted by molar-refractivity contribution is 0.0963. The quantitative estimate of drug-likeness (QED) is 0.596. The van der Waals surface area contributed by atoms with Gasteiger partial charge in [0, 0.05) is 57.7 Å². The number of benzene rings is 1. The average Bonchev–Trinajstić information content (AvgIpc) is 2.77. The van der Waals surface area contributed by atoms with E-state index in [9.17, 15) is 4.79 Å². The van der Waals surface area contributed by atoms with Crippen molar-refractivity contribution in [3.05, 3.63) is 53.9 Å². The van der Waals surface area contributed by atoms with Gasteiger partial charge in [0.05, 0.1) is 6.54 Å². The standard InChI is InChI=1S/C20H27N7O/c1-3-22-19(25-15-16-6-4-7-17(14-16)18(28)21-2)26-10-12-27(13-11-26)20-23-8-5-9-24-20/h4-9,14H,3,10-13,15H2,1-2H3,(H,21,28)(H,22,25). The molecular formula is C20H27N7O. The van der Waals surface area contributed by atoms with Gasteiger partial charge >= 0.3 is 0 Å². The molecule has 1 amide bonds. The second-order valence-corrected chi connectivity index (χ2v) is 6.47. The fourth-order valence-electron chi connectivity index (χ4n) is 3.12. The Labute approximate surface area is 165 Å². The fourth-order valence-corrected chi connectivity index (χ4v) is 3.12. The summed E-state index contributed by atoms with van der Waals surface area (Å²) in [5.74, 6) is 1.58. The zero-order valence-electron chi connectivity index (χ0n) is 16.4. The van der Waals surface area contributed by atoms with Crippen LogP contribution in [0.2, 0.25) is 0 Å². The summed E-state index contributed by atoms with van der Waals surface area (Å²) in [6, 6.07) is 9.40. The highest BCUT2D eigenvalue weighted by Gasteiger charge is 2.21. The Kier molecular flexibility index (Phi) is 6.78. The van der Waals surface area contributed by atoms with Gasteiger partial charge in [-0.1, -0.05) is 12.1 Å². The molecule has 1 saturated heterocycles. The van der Waals surface area contributed by atoms with E-state index < -0.39 is 0 Å². The number of piperazine rings is 1. The van der Waals surface area contributed by atoms with Crippen molar-refractivity contribution in [1.29, 1.82) is 0 Å². The number of rotatable bonds is 5. The number of anilines is 1. The van der Waals surface area contributed by atoms with Crippen molar-refractivity contribution in [2.24, 2.45) is 4.99 Å². The molecule has 8 nitrogen and oxygen atoms in total. The van der Waals surface area contributed by atoms with Crippen LogP contribution in [0, 0.1) is 0 Å². The predicted octanol–water partition coefficient (Wildman–Crippen LogP) is 1.12.